The molecule has 154 valence electrons. The largest absolute Gasteiger partial charge is 0.484 e. The van der Waals surface area contributed by atoms with Crippen LogP contribution in [0.1, 0.15) is 0 Å². The standard InChI is InChI=1S/C21H19N3O6/c25-20(14-29-18-6-4-15-5-7-21(26)30-19(15)13-18)23-10-8-22(9-11-23)16-2-1-3-17(12-16)24(27)28/h1-7,12-13H,8-11,14H2. The zero-order valence-electron chi connectivity index (χ0n) is 16.0. The van der Waals surface area contributed by atoms with Crippen molar-refractivity contribution in [3.63, 3.8) is 0 Å². The minimum Gasteiger partial charge on any atom is -0.484 e. The summed E-state index contributed by atoms with van der Waals surface area (Å²) in [6.45, 7) is 2.02. The van der Waals surface area contributed by atoms with Gasteiger partial charge in [0.25, 0.3) is 11.6 Å². The maximum absolute atomic E-state index is 12.5. The topological polar surface area (TPSA) is 106 Å². The fraction of sp³-hybridized carbons (Fsp3) is 0.238. The van der Waals surface area contributed by atoms with Crippen LogP contribution in [0.3, 0.4) is 0 Å². The van der Waals surface area contributed by atoms with E-state index in [9.17, 15) is 19.7 Å². The van der Waals surface area contributed by atoms with Gasteiger partial charge in [0.2, 0.25) is 0 Å². The second-order valence-corrected chi connectivity index (χ2v) is 6.89. The number of hydrogen-bond acceptors (Lipinski definition) is 7. The lowest BCUT2D eigenvalue weighted by atomic mass is 10.2. The van der Waals surface area contributed by atoms with Gasteiger partial charge >= 0.3 is 5.63 Å². The Labute approximate surface area is 171 Å². The zero-order valence-corrected chi connectivity index (χ0v) is 16.0. The third-order valence-corrected chi connectivity index (χ3v) is 4.99. The summed E-state index contributed by atoms with van der Waals surface area (Å²) < 4.78 is 10.7. The minimum absolute atomic E-state index is 0.0469. The van der Waals surface area contributed by atoms with Gasteiger partial charge in [0.1, 0.15) is 11.3 Å². The first-order valence-electron chi connectivity index (χ1n) is 9.43. The van der Waals surface area contributed by atoms with E-state index in [0.717, 1.165) is 11.1 Å². The predicted molar refractivity (Wildman–Crippen MR) is 110 cm³/mol. The smallest absolute Gasteiger partial charge is 0.336 e. The van der Waals surface area contributed by atoms with E-state index in [1.807, 2.05) is 11.0 Å². The molecule has 1 aliphatic rings. The van der Waals surface area contributed by atoms with Crippen LogP contribution in [0.15, 0.2) is 63.8 Å². The van der Waals surface area contributed by atoms with Gasteiger partial charge in [0, 0.05) is 61.5 Å². The van der Waals surface area contributed by atoms with Crippen LogP contribution in [-0.4, -0.2) is 48.5 Å². The highest BCUT2D eigenvalue weighted by Gasteiger charge is 2.22. The Kier molecular flexibility index (Phi) is 5.34. The summed E-state index contributed by atoms with van der Waals surface area (Å²) in [5, 5.41) is 11.7. The summed E-state index contributed by atoms with van der Waals surface area (Å²) >= 11 is 0. The molecule has 0 bridgehead atoms. The summed E-state index contributed by atoms with van der Waals surface area (Å²) in [4.78, 5) is 38.1. The van der Waals surface area contributed by atoms with E-state index in [-0.39, 0.29) is 18.2 Å². The summed E-state index contributed by atoms with van der Waals surface area (Å²) in [7, 11) is 0. The number of nitro benzene ring substituents is 1. The molecule has 9 heteroatoms. The van der Waals surface area contributed by atoms with Gasteiger partial charge in [-0.3, -0.25) is 14.9 Å². The highest BCUT2D eigenvalue weighted by Crippen LogP contribution is 2.23. The number of carbonyl (C=O) groups excluding carboxylic acids is 1. The number of amides is 1. The number of fused-ring (bicyclic) bond motifs is 1. The van der Waals surface area contributed by atoms with Crippen LogP contribution >= 0.6 is 0 Å². The average molecular weight is 409 g/mol. The fourth-order valence-electron chi connectivity index (χ4n) is 3.38. The number of carbonyl (C=O) groups is 1. The van der Waals surface area contributed by atoms with Crippen LogP contribution in [-0.2, 0) is 4.79 Å². The number of ether oxygens (including phenoxy) is 1. The lowest BCUT2D eigenvalue weighted by Crippen LogP contribution is -2.50. The van der Waals surface area contributed by atoms with E-state index in [1.165, 1.54) is 12.1 Å². The maximum Gasteiger partial charge on any atom is 0.336 e. The normalized spacial score (nSPS) is 14.0. The van der Waals surface area contributed by atoms with Crippen LogP contribution in [0.25, 0.3) is 11.0 Å². The molecule has 1 aliphatic heterocycles. The molecule has 4 rings (SSSR count). The molecule has 0 unspecified atom stereocenters. The second kappa shape index (κ2) is 8.24. The third-order valence-electron chi connectivity index (χ3n) is 4.99. The summed E-state index contributed by atoms with van der Waals surface area (Å²) in [6, 6.07) is 14.6. The van der Waals surface area contributed by atoms with Gasteiger partial charge in [-0.1, -0.05) is 6.07 Å². The van der Waals surface area contributed by atoms with E-state index in [4.69, 9.17) is 9.15 Å². The monoisotopic (exact) mass is 409 g/mol. The molecule has 2 heterocycles. The molecule has 0 N–H and O–H groups in total. The number of piperazine rings is 1. The van der Waals surface area contributed by atoms with Gasteiger partial charge in [0.05, 0.1) is 4.92 Å². The van der Waals surface area contributed by atoms with Gasteiger partial charge in [-0.2, -0.15) is 0 Å². The SMILES string of the molecule is O=C(COc1ccc2ccc(=O)oc2c1)N1CCN(c2cccc([N+](=O)[O-])c2)CC1. The fourth-order valence-corrected chi connectivity index (χ4v) is 3.38. The molecule has 30 heavy (non-hydrogen) atoms. The molecule has 0 saturated carbocycles. The molecule has 0 aliphatic carbocycles. The minimum atomic E-state index is -0.447. The molecule has 0 atom stereocenters. The predicted octanol–water partition coefficient (Wildman–Crippen LogP) is 2.43. The maximum atomic E-state index is 12.5. The Morgan fingerprint density at radius 2 is 1.83 bits per heavy atom. The van der Waals surface area contributed by atoms with Gasteiger partial charge in [0.15, 0.2) is 6.61 Å². The van der Waals surface area contributed by atoms with Crippen molar-refractivity contribution in [3.05, 3.63) is 75.1 Å². The summed E-state index contributed by atoms with van der Waals surface area (Å²) in [5.74, 6) is 0.295. The Morgan fingerprint density at radius 3 is 2.60 bits per heavy atom. The molecular weight excluding hydrogens is 390 g/mol. The lowest BCUT2D eigenvalue weighted by molar-refractivity contribution is -0.384. The molecule has 3 aromatic rings. The number of benzene rings is 2. The molecule has 0 radical (unpaired) electrons. The van der Waals surface area contributed by atoms with Crippen LogP contribution in [0.5, 0.6) is 5.75 Å². The van der Waals surface area contributed by atoms with Crippen LogP contribution in [0, 0.1) is 10.1 Å². The third kappa shape index (κ3) is 4.24. The molecule has 1 aromatic heterocycles. The molecule has 1 saturated heterocycles. The van der Waals surface area contributed by atoms with E-state index >= 15 is 0 Å². The number of hydrogen-bond donors (Lipinski definition) is 0. The highest BCUT2D eigenvalue weighted by atomic mass is 16.6. The van der Waals surface area contributed by atoms with Crippen molar-refractivity contribution in [2.75, 3.05) is 37.7 Å². The van der Waals surface area contributed by atoms with Crippen molar-refractivity contribution < 1.29 is 18.9 Å². The van der Waals surface area contributed by atoms with Crippen molar-refractivity contribution in [3.8, 4) is 5.75 Å². The number of anilines is 1. The zero-order chi connectivity index (χ0) is 21.1. The lowest BCUT2D eigenvalue weighted by Gasteiger charge is -2.36. The van der Waals surface area contributed by atoms with Gasteiger partial charge < -0.3 is 19.0 Å². The van der Waals surface area contributed by atoms with Crippen LogP contribution in [0.2, 0.25) is 0 Å². The summed E-state index contributed by atoms with van der Waals surface area (Å²) in [6.07, 6.45) is 0. The molecule has 1 fully saturated rings. The van der Waals surface area contributed by atoms with Gasteiger partial charge in [-0.25, -0.2) is 4.79 Å². The van der Waals surface area contributed by atoms with E-state index < -0.39 is 10.5 Å². The van der Waals surface area contributed by atoms with E-state index in [2.05, 4.69) is 0 Å². The number of non-ortho nitro benzene ring substituents is 1. The number of rotatable bonds is 5. The van der Waals surface area contributed by atoms with Gasteiger partial charge in [-0.15, -0.1) is 0 Å². The van der Waals surface area contributed by atoms with Crippen molar-refractivity contribution in [2.45, 2.75) is 0 Å². The molecule has 1 amide bonds. The Bertz CT molecular complexity index is 1150. The second-order valence-electron chi connectivity index (χ2n) is 6.89. The van der Waals surface area contributed by atoms with Crippen molar-refractivity contribution in [1.82, 2.24) is 4.90 Å². The quantitative estimate of drug-likeness (QED) is 0.362. The summed E-state index contributed by atoms with van der Waals surface area (Å²) in [5.41, 5.74) is 0.770. The molecule has 0 spiro atoms. The Hall–Kier alpha value is -3.88. The molecule has 2 aromatic carbocycles. The first-order chi connectivity index (χ1) is 14.5. The van der Waals surface area contributed by atoms with Crippen molar-refractivity contribution in [1.29, 1.82) is 0 Å². The number of nitrogens with zero attached hydrogens (tertiary/aromatic N) is 3. The van der Waals surface area contributed by atoms with Crippen molar-refractivity contribution >= 4 is 28.3 Å². The molecule has 9 nitrogen and oxygen atoms in total. The Morgan fingerprint density at radius 1 is 1.07 bits per heavy atom. The first-order valence-corrected chi connectivity index (χ1v) is 9.43. The first kappa shape index (κ1) is 19.4. The number of nitro groups is 1. The van der Waals surface area contributed by atoms with Gasteiger partial charge in [-0.05, 0) is 24.3 Å². The van der Waals surface area contributed by atoms with E-state index in [0.29, 0.717) is 37.5 Å². The van der Waals surface area contributed by atoms with Crippen LogP contribution in [0.4, 0.5) is 11.4 Å². The molecular formula is C21H19N3O6. The average Bonchev–Trinajstić information content (AvgIpc) is 2.77. The Balaban J connectivity index is 1.33. The van der Waals surface area contributed by atoms with E-state index in [1.54, 1.807) is 41.3 Å². The highest BCUT2D eigenvalue weighted by molar-refractivity contribution is 5.79. The van der Waals surface area contributed by atoms with Crippen molar-refractivity contribution in [2.24, 2.45) is 0 Å². The van der Waals surface area contributed by atoms with Crippen LogP contribution < -0.4 is 15.3 Å².